The molecule has 0 saturated carbocycles. The number of hydrogen-bond acceptors (Lipinski definition) is 4. The topological polar surface area (TPSA) is 55.4 Å². The van der Waals surface area contributed by atoms with Crippen LogP contribution in [-0.2, 0) is 9.53 Å². The summed E-state index contributed by atoms with van der Waals surface area (Å²) >= 11 is 0. The summed E-state index contributed by atoms with van der Waals surface area (Å²) in [5.74, 6) is -0.546. The second kappa shape index (κ2) is 3.73. The maximum Gasteiger partial charge on any atom is 0.339 e. The molecule has 0 aliphatic carbocycles. The van der Waals surface area contributed by atoms with Crippen LogP contribution >= 0.6 is 0 Å². The molecule has 1 aromatic carbocycles. The Hall–Kier alpha value is -1.84. The van der Waals surface area contributed by atoms with E-state index in [4.69, 9.17) is 0 Å². The van der Waals surface area contributed by atoms with Crippen molar-refractivity contribution in [3.05, 3.63) is 29.3 Å². The van der Waals surface area contributed by atoms with Gasteiger partial charge in [-0.25, -0.2) is 4.79 Å². The van der Waals surface area contributed by atoms with Crippen LogP contribution in [0.5, 0.6) is 0 Å². The molecule has 1 aromatic rings. The first-order valence-electron chi connectivity index (χ1n) is 4.68. The molecular formula is C11H11NO3. The van der Waals surface area contributed by atoms with E-state index in [1.54, 1.807) is 12.1 Å². The summed E-state index contributed by atoms with van der Waals surface area (Å²) in [4.78, 5) is 22.2. The Balaban J connectivity index is 2.48. The second-order valence-corrected chi connectivity index (χ2v) is 3.38. The summed E-state index contributed by atoms with van der Waals surface area (Å²) in [6, 6.07) is 5.29. The molecule has 1 heterocycles. The van der Waals surface area contributed by atoms with Crippen LogP contribution in [0.15, 0.2) is 18.2 Å². The number of fused-ring (bicyclic) bond motifs is 1. The molecular weight excluding hydrogens is 194 g/mol. The van der Waals surface area contributed by atoms with Crippen LogP contribution in [0.2, 0.25) is 0 Å². The Bertz CT molecular complexity index is 414. The molecule has 0 fully saturated rings. The van der Waals surface area contributed by atoms with Gasteiger partial charge in [-0.1, -0.05) is 12.1 Å². The lowest BCUT2D eigenvalue weighted by Crippen LogP contribution is -2.05. The number of hydrogen-bond donors (Lipinski definition) is 1. The summed E-state index contributed by atoms with van der Waals surface area (Å²) in [7, 11) is 1.34. The summed E-state index contributed by atoms with van der Waals surface area (Å²) in [6.07, 6.45) is 0.889. The van der Waals surface area contributed by atoms with E-state index < -0.39 is 0 Å². The molecule has 0 saturated heterocycles. The summed E-state index contributed by atoms with van der Waals surface area (Å²) in [5.41, 5.74) is 2.08. The molecule has 0 bridgehead atoms. The van der Waals surface area contributed by atoms with Gasteiger partial charge in [-0.15, -0.1) is 0 Å². The largest absolute Gasteiger partial charge is 0.465 e. The number of aldehydes is 1. The van der Waals surface area contributed by atoms with E-state index in [1.165, 1.54) is 7.11 Å². The zero-order valence-corrected chi connectivity index (χ0v) is 8.32. The minimum absolute atomic E-state index is 0.162. The molecule has 0 aromatic heterocycles. The van der Waals surface area contributed by atoms with Crippen molar-refractivity contribution in [1.82, 2.24) is 0 Å². The number of carbonyl (C=O) groups excluding carboxylic acids is 2. The van der Waals surface area contributed by atoms with Crippen molar-refractivity contribution < 1.29 is 14.3 Å². The molecule has 78 valence electrons. The standard InChI is InChI=1S/C11H11NO3/c1-15-11(14)9-4-2-3-8-7(6-13)5-12-10(8)9/h2-4,6-7,12H,5H2,1H3. The van der Waals surface area contributed by atoms with E-state index in [9.17, 15) is 9.59 Å². The van der Waals surface area contributed by atoms with E-state index in [2.05, 4.69) is 10.1 Å². The van der Waals surface area contributed by atoms with Crippen LogP contribution in [0.4, 0.5) is 5.69 Å². The fourth-order valence-electron chi connectivity index (χ4n) is 1.80. The number of ether oxygens (including phenoxy) is 1. The molecule has 2 rings (SSSR count). The SMILES string of the molecule is COC(=O)c1cccc2c1NCC2C=O. The zero-order valence-electron chi connectivity index (χ0n) is 8.32. The molecule has 1 N–H and O–H groups in total. The average molecular weight is 205 g/mol. The molecule has 1 aliphatic heterocycles. The first-order valence-corrected chi connectivity index (χ1v) is 4.68. The molecule has 0 radical (unpaired) electrons. The first-order chi connectivity index (χ1) is 7.27. The molecule has 4 heteroatoms. The van der Waals surface area contributed by atoms with Gasteiger partial charge in [0.1, 0.15) is 6.29 Å². The predicted molar refractivity (Wildman–Crippen MR) is 55.1 cm³/mol. The zero-order chi connectivity index (χ0) is 10.8. The van der Waals surface area contributed by atoms with Crippen LogP contribution in [-0.4, -0.2) is 25.9 Å². The lowest BCUT2D eigenvalue weighted by Gasteiger charge is -2.06. The Morgan fingerprint density at radius 2 is 2.40 bits per heavy atom. The van der Waals surface area contributed by atoms with Crippen LogP contribution in [0.25, 0.3) is 0 Å². The highest BCUT2D eigenvalue weighted by atomic mass is 16.5. The molecule has 1 aliphatic rings. The van der Waals surface area contributed by atoms with Crippen molar-refractivity contribution in [1.29, 1.82) is 0 Å². The average Bonchev–Trinajstić information content (AvgIpc) is 2.70. The summed E-state index contributed by atoms with van der Waals surface area (Å²) in [5, 5.41) is 3.05. The Morgan fingerprint density at radius 1 is 1.60 bits per heavy atom. The molecule has 15 heavy (non-hydrogen) atoms. The fraction of sp³-hybridized carbons (Fsp3) is 0.273. The third kappa shape index (κ3) is 1.48. The number of para-hydroxylation sites is 1. The fourth-order valence-corrected chi connectivity index (χ4v) is 1.80. The number of carbonyl (C=O) groups is 2. The van der Waals surface area contributed by atoms with Crippen molar-refractivity contribution in [2.75, 3.05) is 19.0 Å². The van der Waals surface area contributed by atoms with Crippen LogP contribution in [0.1, 0.15) is 21.8 Å². The third-order valence-corrected chi connectivity index (χ3v) is 2.56. The van der Waals surface area contributed by atoms with Gasteiger partial charge in [-0.2, -0.15) is 0 Å². The van der Waals surface area contributed by atoms with E-state index >= 15 is 0 Å². The van der Waals surface area contributed by atoms with Crippen molar-refractivity contribution in [3.63, 3.8) is 0 Å². The van der Waals surface area contributed by atoms with Crippen LogP contribution in [0, 0.1) is 0 Å². The van der Waals surface area contributed by atoms with Gasteiger partial charge in [0.25, 0.3) is 0 Å². The van der Waals surface area contributed by atoms with E-state index in [-0.39, 0.29) is 11.9 Å². The highest BCUT2D eigenvalue weighted by Gasteiger charge is 2.25. The van der Waals surface area contributed by atoms with Gasteiger partial charge in [0.2, 0.25) is 0 Å². The second-order valence-electron chi connectivity index (χ2n) is 3.38. The molecule has 1 atom stereocenters. The number of anilines is 1. The Labute approximate surface area is 87.2 Å². The number of rotatable bonds is 2. The van der Waals surface area contributed by atoms with E-state index in [0.29, 0.717) is 12.1 Å². The lowest BCUT2D eigenvalue weighted by atomic mass is 10.0. The number of methoxy groups -OCH3 is 1. The quantitative estimate of drug-likeness (QED) is 0.582. The summed E-state index contributed by atoms with van der Waals surface area (Å²) in [6.45, 7) is 0.548. The van der Waals surface area contributed by atoms with E-state index in [1.807, 2.05) is 6.07 Å². The molecule has 1 unspecified atom stereocenters. The van der Waals surface area contributed by atoms with Gasteiger partial charge in [0.05, 0.1) is 24.3 Å². The van der Waals surface area contributed by atoms with Crippen molar-refractivity contribution in [2.24, 2.45) is 0 Å². The Morgan fingerprint density at radius 3 is 3.07 bits per heavy atom. The van der Waals surface area contributed by atoms with Crippen molar-refractivity contribution in [3.8, 4) is 0 Å². The monoisotopic (exact) mass is 205 g/mol. The third-order valence-electron chi connectivity index (χ3n) is 2.56. The maximum absolute atomic E-state index is 11.4. The van der Waals surface area contributed by atoms with Crippen LogP contribution in [0.3, 0.4) is 0 Å². The van der Waals surface area contributed by atoms with Crippen molar-refractivity contribution in [2.45, 2.75) is 5.92 Å². The molecule has 0 amide bonds. The minimum Gasteiger partial charge on any atom is -0.465 e. The minimum atomic E-state index is -0.383. The number of nitrogens with one attached hydrogen (secondary N) is 1. The van der Waals surface area contributed by atoms with E-state index in [0.717, 1.165) is 17.5 Å². The van der Waals surface area contributed by atoms with Gasteiger partial charge >= 0.3 is 5.97 Å². The normalized spacial score (nSPS) is 17.8. The lowest BCUT2D eigenvalue weighted by molar-refractivity contribution is -0.108. The molecule has 4 nitrogen and oxygen atoms in total. The van der Waals surface area contributed by atoms with Crippen LogP contribution < -0.4 is 5.32 Å². The number of esters is 1. The molecule has 0 spiro atoms. The van der Waals surface area contributed by atoms with Gasteiger partial charge in [0, 0.05) is 6.54 Å². The van der Waals surface area contributed by atoms with Gasteiger partial charge in [0.15, 0.2) is 0 Å². The van der Waals surface area contributed by atoms with Gasteiger partial charge in [-0.05, 0) is 11.6 Å². The summed E-state index contributed by atoms with van der Waals surface area (Å²) < 4.78 is 4.66. The predicted octanol–water partition coefficient (Wildman–Crippen LogP) is 1.18. The highest BCUT2D eigenvalue weighted by Crippen LogP contribution is 2.33. The van der Waals surface area contributed by atoms with Gasteiger partial charge in [-0.3, -0.25) is 0 Å². The number of benzene rings is 1. The smallest absolute Gasteiger partial charge is 0.339 e. The highest BCUT2D eigenvalue weighted by molar-refractivity contribution is 5.98. The van der Waals surface area contributed by atoms with Gasteiger partial charge < -0.3 is 14.8 Å². The first kappa shape index (κ1) is 9.71. The maximum atomic E-state index is 11.4. The Kier molecular flexibility index (Phi) is 2.41. The van der Waals surface area contributed by atoms with Crippen molar-refractivity contribution >= 4 is 17.9 Å².